The first kappa shape index (κ1) is 22.9. The van der Waals surface area contributed by atoms with Gasteiger partial charge in [0, 0.05) is 13.0 Å². The topological polar surface area (TPSA) is 76.6 Å². The first-order valence-electron chi connectivity index (χ1n) is 10.9. The highest BCUT2D eigenvalue weighted by Crippen LogP contribution is 2.31. The highest BCUT2D eigenvalue weighted by Gasteiger charge is 2.26. The van der Waals surface area contributed by atoms with Crippen molar-refractivity contribution in [1.82, 2.24) is 4.98 Å². The second kappa shape index (κ2) is 9.68. The number of carbonyl (C=O) groups is 1. The zero-order valence-electron chi connectivity index (χ0n) is 18.4. The molecule has 0 aliphatic carbocycles. The summed E-state index contributed by atoms with van der Waals surface area (Å²) in [7, 11) is -3.42. The van der Waals surface area contributed by atoms with Gasteiger partial charge in [0.1, 0.15) is 0 Å². The van der Waals surface area contributed by atoms with Gasteiger partial charge in [0.25, 0.3) is 0 Å². The predicted octanol–water partition coefficient (Wildman–Crippen LogP) is 4.68. The zero-order valence-corrected chi connectivity index (χ0v) is 20.0. The van der Waals surface area contributed by atoms with Crippen LogP contribution in [0.15, 0.2) is 47.4 Å². The minimum Gasteiger partial charge on any atom is -0.376 e. The number of nitrogens with zero attached hydrogens (tertiary/aromatic N) is 2. The summed E-state index contributed by atoms with van der Waals surface area (Å²) >= 11 is 1.49. The summed E-state index contributed by atoms with van der Waals surface area (Å²) in [5.74, 6) is -0.176. The number of aromatic nitrogens is 1. The van der Waals surface area contributed by atoms with E-state index < -0.39 is 9.84 Å². The summed E-state index contributed by atoms with van der Waals surface area (Å²) in [6.07, 6.45) is 2.30. The van der Waals surface area contributed by atoms with Crippen LogP contribution in [0.1, 0.15) is 36.8 Å². The van der Waals surface area contributed by atoms with Crippen molar-refractivity contribution in [1.29, 1.82) is 0 Å². The molecule has 1 atom stereocenters. The molecule has 1 saturated heterocycles. The number of carbonyl (C=O) groups excluding carboxylic acids is 1. The minimum atomic E-state index is -3.42. The summed E-state index contributed by atoms with van der Waals surface area (Å²) < 4.78 is 32.1. The maximum absolute atomic E-state index is 13.2. The van der Waals surface area contributed by atoms with Crippen molar-refractivity contribution in [3.8, 4) is 0 Å². The fraction of sp³-hybridized carbons (Fsp3) is 0.417. The molecular weight excluding hydrogens is 444 g/mol. The Kier molecular flexibility index (Phi) is 6.93. The molecule has 0 radical (unpaired) electrons. The third kappa shape index (κ3) is 5.36. The highest BCUT2D eigenvalue weighted by atomic mass is 32.2. The Morgan fingerprint density at radius 3 is 2.62 bits per heavy atom. The summed E-state index contributed by atoms with van der Waals surface area (Å²) in [4.78, 5) is 19.9. The molecule has 8 heteroatoms. The van der Waals surface area contributed by atoms with E-state index in [1.807, 2.05) is 26.0 Å². The van der Waals surface area contributed by atoms with Crippen LogP contribution in [-0.2, 0) is 19.4 Å². The molecule has 1 aliphatic rings. The van der Waals surface area contributed by atoms with E-state index in [2.05, 4.69) is 11.1 Å². The lowest BCUT2D eigenvalue weighted by molar-refractivity contribution is -0.119. The summed E-state index contributed by atoms with van der Waals surface area (Å²) in [5.41, 5.74) is 3.02. The van der Waals surface area contributed by atoms with Crippen LogP contribution in [-0.4, -0.2) is 44.3 Å². The lowest BCUT2D eigenvalue weighted by Crippen LogP contribution is -2.37. The smallest absolute Gasteiger partial charge is 0.228 e. The van der Waals surface area contributed by atoms with E-state index in [9.17, 15) is 13.2 Å². The lowest BCUT2D eigenvalue weighted by Gasteiger charge is -2.23. The first-order valence-corrected chi connectivity index (χ1v) is 13.4. The molecule has 3 aromatic rings. The number of ether oxygens (including phenoxy) is 1. The second-order valence-electron chi connectivity index (χ2n) is 8.34. The molecule has 0 spiro atoms. The number of aryl methyl sites for hydroxylation is 2. The van der Waals surface area contributed by atoms with Crippen molar-refractivity contribution >= 4 is 42.4 Å². The Hall–Kier alpha value is -2.29. The number of benzene rings is 2. The average molecular weight is 473 g/mol. The van der Waals surface area contributed by atoms with Crippen LogP contribution in [0, 0.1) is 13.8 Å². The van der Waals surface area contributed by atoms with E-state index in [0.29, 0.717) is 23.2 Å². The van der Waals surface area contributed by atoms with Crippen molar-refractivity contribution in [2.45, 2.75) is 50.5 Å². The molecule has 1 unspecified atom stereocenters. The number of sulfone groups is 1. The number of thiazole rings is 1. The molecule has 1 aromatic heterocycles. The van der Waals surface area contributed by atoms with Gasteiger partial charge in [-0.15, -0.1) is 0 Å². The summed E-state index contributed by atoms with van der Waals surface area (Å²) in [6.45, 7) is 5.10. The van der Waals surface area contributed by atoms with Gasteiger partial charge in [-0.25, -0.2) is 13.4 Å². The fourth-order valence-electron chi connectivity index (χ4n) is 3.83. The third-order valence-corrected chi connectivity index (χ3v) is 8.52. The molecule has 4 rings (SSSR count). The lowest BCUT2D eigenvalue weighted by atomic mass is 10.2. The molecular formula is C24H28N2O4S2. The van der Waals surface area contributed by atoms with Crippen LogP contribution in [0.25, 0.3) is 10.2 Å². The maximum atomic E-state index is 13.2. The molecule has 1 amide bonds. The Balaban J connectivity index is 1.47. The number of hydrogen-bond acceptors (Lipinski definition) is 6. The fourth-order valence-corrected chi connectivity index (χ4v) is 6.23. The van der Waals surface area contributed by atoms with Crippen molar-refractivity contribution in [2.75, 3.05) is 23.8 Å². The number of fused-ring (bicyclic) bond motifs is 1. The zero-order chi connectivity index (χ0) is 22.7. The normalized spacial score (nSPS) is 16.5. The van der Waals surface area contributed by atoms with Gasteiger partial charge in [0.05, 0.1) is 33.5 Å². The molecule has 0 saturated carbocycles. The van der Waals surface area contributed by atoms with Crippen LogP contribution in [0.4, 0.5) is 5.13 Å². The summed E-state index contributed by atoms with van der Waals surface area (Å²) in [5, 5.41) is 0.646. The van der Waals surface area contributed by atoms with Gasteiger partial charge >= 0.3 is 0 Å². The van der Waals surface area contributed by atoms with Gasteiger partial charge in [-0.05, 0) is 62.9 Å². The van der Waals surface area contributed by atoms with Crippen LogP contribution >= 0.6 is 11.3 Å². The number of anilines is 1. The van der Waals surface area contributed by atoms with E-state index in [1.165, 1.54) is 11.3 Å². The Labute approximate surface area is 193 Å². The molecule has 0 bridgehead atoms. The van der Waals surface area contributed by atoms with E-state index in [4.69, 9.17) is 4.74 Å². The van der Waals surface area contributed by atoms with Crippen LogP contribution in [0.5, 0.6) is 0 Å². The Bertz CT molecular complexity index is 1200. The molecule has 2 aromatic carbocycles. The first-order chi connectivity index (χ1) is 15.3. The van der Waals surface area contributed by atoms with E-state index >= 15 is 0 Å². The number of amides is 1. The van der Waals surface area contributed by atoms with Gasteiger partial charge in [-0.3, -0.25) is 9.69 Å². The standard InChI is InChI=1S/C24H28N2O4S2/c1-17-7-10-20(11-8-17)32(28,29)14-4-6-23(27)26(16-19-5-3-13-30-19)24-25-21-12-9-18(2)15-22(21)31-24/h7-12,15,19H,3-6,13-14,16H2,1-2H3. The van der Waals surface area contributed by atoms with Gasteiger partial charge in [0.15, 0.2) is 15.0 Å². The second-order valence-corrected chi connectivity index (χ2v) is 11.5. The molecule has 0 N–H and O–H groups in total. The molecule has 32 heavy (non-hydrogen) atoms. The van der Waals surface area contributed by atoms with Crippen molar-refractivity contribution in [3.05, 3.63) is 53.6 Å². The van der Waals surface area contributed by atoms with Crippen LogP contribution in [0.2, 0.25) is 0 Å². The summed E-state index contributed by atoms with van der Waals surface area (Å²) in [6, 6.07) is 12.9. The molecule has 1 aliphatic heterocycles. The molecule has 6 nitrogen and oxygen atoms in total. The van der Waals surface area contributed by atoms with E-state index in [1.54, 1.807) is 29.2 Å². The predicted molar refractivity (Wildman–Crippen MR) is 128 cm³/mol. The Morgan fingerprint density at radius 2 is 1.91 bits per heavy atom. The average Bonchev–Trinajstić information content (AvgIpc) is 3.41. The monoisotopic (exact) mass is 472 g/mol. The molecule has 1 fully saturated rings. The molecule has 2 heterocycles. The molecule has 170 valence electrons. The van der Waals surface area contributed by atoms with E-state index in [-0.39, 0.29) is 30.6 Å². The SMILES string of the molecule is Cc1ccc(S(=O)(=O)CCCC(=O)N(CC2CCCO2)c2nc3ccc(C)cc3s2)cc1. The maximum Gasteiger partial charge on any atom is 0.228 e. The highest BCUT2D eigenvalue weighted by molar-refractivity contribution is 7.91. The van der Waals surface area contributed by atoms with Crippen LogP contribution in [0.3, 0.4) is 0 Å². The van der Waals surface area contributed by atoms with Crippen molar-refractivity contribution in [3.63, 3.8) is 0 Å². The number of rotatable bonds is 8. The van der Waals surface area contributed by atoms with Gasteiger partial charge in [0.2, 0.25) is 5.91 Å². The minimum absolute atomic E-state index is 0.0102. The number of hydrogen-bond donors (Lipinski definition) is 0. The van der Waals surface area contributed by atoms with Crippen LogP contribution < -0.4 is 4.90 Å². The quantitative estimate of drug-likeness (QED) is 0.476. The van der Waals surface area contributed by atoms with Crippen molar-refractivity contribution < 1.29 is 17.9 Å². The third-order valence-electron chi connectivity index (χ3n) is 5.66. The van der Waals surface area contributed by atoms with Gasteiger partial charge < -0.3 is 4.74 Å². The van der Waals surface area contributed by atoms with Crippen molar-refractivity contribution in [2.24, 2.45) is 0 Å². The largest absolute Gasteiger partial charge is 0.376 e. The van der Waals surface area contributed by atoms with Gasteiger partial charge in [-0.1, -0.05) is 35.1 Å². The van der Waals surface area contributed by atoms with Gasteiger partial charge in [-0.2, -0.15) is 0 Å². The van der Waals surface area contributed by atoms with E-state index in [0.717, 1.165) is 34.2 Å². The Morgan fingerprint density at radius 1 is 1.16 bits per heavy atom.